The first kappa shape index (κ1) is 11.9. The summed E-state index contributed by atoms with van der Waals surface area (Å²) in [6.07, 6.45) is 2.61. The van der Waals surface area contributed by atoms with Gasteiger partial charge >= 0.3 is 0 Å². The summed E-state index contributed by atoms with van der Waals surface area (Å²) in [5.74, 6) is 0. The maximum atomic E-state index is 8.82. The molecule has 3 nitrogen and oxygen atoms in total. The average Bonchev–Trinajstić information content (AvgIpc) is 1.87. The van der Waals surface area contributed by atoms with Gasteiger partial charge in [-0.2, -0.15) is 0 Å². The van der Waals surface area contributed by atoms with E-state index in [9.17, 15) is 0 Å². The highest BCUT2D eigenvalue weighted by molar-refractivity contribution is 5.85. The van der Waals surface area contributed by atoms with Crippen LogP contribution >= 0.6 is 12.4 Å². The Morgan fingerprint density at radius 2 is 1.89 bits per heavy atom. The van der Waals surface area contributed by atoms with E-state index >= 15 is 0 Å². The number of aliphatic hydroxyl groups excluding tert-OH is 1. The monoisotopic (exact) mass is 155 g/mol. The van der Waals surface area contributed by atoms with Crippen molar-refractivity contribution in [2.75, 3.05) is 0 Å². The van der Waals surface area contributed by atoms with Gasteiger partial charge in [-0.05, 0) is 19.3 Å². The summed E-state index contributed by atoms with van der Waals surface area (Å²) >= 11 is 0. The number of hydrogen-bond donors (Lipinski definition) is 2. The predicted molar refractivity (Wildman–Crippen MR) is 38.7 cm³/mol. The molecule has 58 valence electrons. The molecule has 0 aromatic carbocycles. The fourth-order valence-corrected chi connectivity index (χ4v) is 0.992. The summed E-state index contributed by atoms with van der Waals surface area (Å²) in [5.41, 5.74) is 5.47. The fraction of sp³-hybridized carbons (Fsp3) is 1.00. The molecule has 0 spiro atoms. The Balaban J connectivity index is 0. The van der Waals surface area contributed by atoms with E-state index in [-0.39, 0.29) is 30.0 Å². The second kappa shape index (κ2) is 4.99. The average molecular weight is 156 g/mol. The maximum absolute atomic E-state index is 8.82. The van der Waals surface area contributed by atoms with Crippen LogP contribution in [0.2, 0.25) is 0 Å². The second-order valence-electron chi connectivity index (χ2n) is 2.23. The first-order valence-electron chi connectivity index (χ1n) is 2.72. The molecular formula is C5H14ClNO2. The van der Waals surface area contributed by atoms with Crippen LogP contribution in [0.5, 0.6) is 0 Å². The Labute approximate surface area is 61.0 Å². The fourth-order valence-electron chi connectivity index (χ4n) is 0.992. The first-order chi connectivity index (χ1) is 3.29. The highest BCUT2D eigenvalue weighted by Gasteiger charge is 2.18. The molecule has 0 aromatic rings. The minimum Gasteiger partial charge on any atom is -0.412 e. The topological polar surface area (TPSA) is 77.8 Å². The van der Waals surface area contributed by atoms with Gasteiger partial charge in [-0.15, -0.1) is 12.4 Å². The van der Waals surface area contributed by atoms with Crippen molar-refractivity contribution in [1.29, 1.82) is 0 Å². The quantitative estimate of drug-likeness (QED) is 0.493. The number of aliphatic hydroxyl groups is 1. The lowest BCUT2D eigenvalue weighted by molar-refractivity contribution is 0.181. The van der Waals surface area contributed by atoms with Gasteiger partial charge in [0.05, 0.1) is 6.10 Å². The van der Waals surface area contributed by atoms with E-state index in [0.29, 0.717) is 0 Å². The summed E-state index contributed by atoms with van der Waals surface area (Å²) in [6, 6.07) is 0.273. The number of nitrogens with two attached hydrogens (primary N) is 1. The van der Waals surface area contributed by atoms with Crippen molar-refractivity contribution in [1.82, 2.24) is 0 Å². The molecule has 1 aliphatic carbocycles. The van der Waals surface area contributed by atoms with Gasteiger partial charge in [0.15, 0.2) is 0 Å². The molecule has 0 unspecified atom stereocenters. The lowest BCUT2D eigenvalue weighted by atomic mass is 10.3. The van der Waals surface area contributed by atoms with Crippen LogP contribution in [0.1, 0.15) is 19.3 Å². The van der Waals surface area contributed by atoms with E-state index in [1.54, 1.807) is 0 Å². The van der Waals surface area contributed by atoms with E-state index in [0.717, 1.165) is 19.3 Å². The molecule has 0 amide bonds. The molecule has 1 fully saturated rings. The lowest BCUT2D eigenvalue weighted by Crippen LogP contribution is -2.15. The van der Waals surface area contributed by atoms with Gasteiger partial charge in [-0.3, -0.25) is 0 Å². The van der Waals surface area contributed by atoms with E-state index in [1.807, 2.05) is 0 Å². The van der Waals surface area contributed by atoms with Gasteiger partial charge in [-0.25, -0.2) is 0 Å². The molecule has 0 radical (unpaired) electrons. The van der Waals surface area contributed by atoms with Crippen molar-refractivity contribution in [3.63, 3.8) is 0 Å². The third-order valence-corrected chi connectivity index (χ3v) is 1.45. The second-order valence-corrected chi connectivity index (χ2v) is 2.23. The molecular weight excluding hydrogens is 142 g/mol. The summed E-state index contributed by atoms with van der Waals surface area (Å²) in [6.45, 7) is 0. The largest absolute Gasteiger partial charge is 0.412 e. The van der Waals surface area contributed by atoms with Crippen molar-refractivity contribution >= 4 is 12.4 Å². The highest BCUT2D eigenvalue weighted by atomic mass is 35.5. The Hall–Kier alpha value is 0.170. The normalized spacial score (nSPS) is 32.7. The summed E-state index contributed by atoms with van der Waals surface area (Å²) in [7, 11) is 0. The molecule has 4 heteroatoms. The van der Waals surface area contributed by atoms with E-state index < -0.39 is 0 Å². The molecule has 0 saturated heterocycles. The van der Waals surface area contributed by atoms with Crippen LogP contribution < -0.4 is 5.73 Å². The molecule has 0 bridgehead atoms. The highest BCUT2D eigenvalue weighted by Crippen LogP contribution is 2.15. The van der Waals surface area contributed by atoms with Crippen LogP contribution in [0, 0.1) is 0 Å². The van der Waals surface area contributed by atoms with Crippen LogP contribution in [0.15, 0.2) is 0 Å². The van der Waals surface area contributed by atoms with Gasteiger partial charge in [0, 0.05) is 6.04 Å². The van der Waals surface area contributed by atoms with Gasteiger partial charge in [-0.1, -0.05) is 0 Å². The predicted octanol–water partition coefficient (Wildman–Crippen LogP) is -0.544. The number of halogens is 1. The van der Waals surface area contributed by atoms with Crippen LogP contribution in [0.25, 0.3) is 0 Å². The maximum Gasteiger partial charge on any atom is 0.0555 e. The lowest BCUT2D eigenvalue weighted by Gasteiger charge is -1.96. The van der Waals surface area contributed by atoms with Crippen LogP contribution in [-0.2, 0) is 0 Å². The Morgan fingerprint density at radius 3 is 2.00 bits per heavy atom. The number of hydrogen-bond acceptors (Lipinski definition) is 2. The van der Waals surface area contributed by atoms with Gasteiger partial charge in [0.1, 0.15) is 0 Å². The zero-order valence-electron chi connectivity index (χ0n) is 5.21. The smallest absolute Gasteiger partial charge is 0.0555 e. The molecule has 5 N–H and O–H groups in total. The standard InChI is InChI=1S/C5H11NO.ClH.H2O/c6-4-1-2-5(7)3-4;;/h4-5,7H,1-3,6H2;1H;1H2/t4-,5-;;/m1../s1. The Bertz CT molecular complexity index is 64.0. The van der Waals surface area contributed by atoms with Crippen molar-refractivity contribution < 1.29 is 10.6 Å². The van der Waals surface area contributed by atoms with Gasteiger partial charge in [0.2, 0.25) is 0 Å². The zero-order valence-corrected chi connectivity index (χ0v) is 6.03. The van der Waals surface area contributed by atoms with E-state index in [4.69, 9.17) is 10.8 Å². The number of rotatable bonds is 0. The summed E-state index contributed by atoms with van der Waals surface area (Å²) < 4.78 is 0. The van der Waals surface area contributed by atoms with Crippen molar-refractivity contribution in [3.05, 3.63) is 0 Å². The van der Waals surface area contributed by atoms with Crippen LogP contribution in [-0.4, -0.2) is 22.7 Å². The third-order valence-electron chi connectivity index (χ3n) is 1.45. The Morgan fingerprint density at radius 1 is 1.33 bits per heavy atom. The zero-order chi connectivity index (χ0) is 5.28. The molecule has 0 aromatic heterocycles. The van der Waals surface area contributed by atoms with Crippen molar-refractivity contribution in [2.24, 2.45) is 5.73 Å². The molecule has 2 atom stereocenters. The molecule has 1 rings (SSSR count). The molecule has 9 heavy (non-hydrogen) atoms. The summed E-state index contributed by atoms with van der Waals surface area (Å²) in [5, 5.41) is 8.82. The van der Waals surface area contributed by atoms with Crippen molar-refractivity contribution in [3.8, 4) is 0 Å². The van der Waals surface area contributed by atoms with E-state index in [2.05, 4.69) is 0 Å². The van der Waals surface area contributed by atoms with Crippen LogP contribution in [0.3, 0.4) is 0 Å². The summed E-state index contributed by atoms with van der Waals surface area (Å²) in [4.78, 5) is 0. The molecule has 0 aliphatic heterocycles. The Kier molecular flexibility index (Phi) is 6.61. The molecule has 1 saturated carbocycles. The third kappa shape index (κ3) is 3.70. The minimum atomic E-state index is -0.102. The minimum absolute atomic E-state index is 0. The van der Waals surface area contributed by atoms with Crippen LogP contribution in [0.4, 0.5) is 0 Å². The molecule has 1 aliphatic rings. The first-order valence-corrected chi connectivity index (χ1v) is 2.72. The van der Waals surface area contributed by atoms with E-state index in [1.165, 1.54) is 0 Å². The van der Waals surface area contributed by atoms with Gasteiger partial charge < -0.3 is 16.3 Å². The van der Waals surface area contributed by atoms with Gasteiger partial charge in [0.25, 0.3) is 0 Å². The SMILES string of the molecule is Cl.N[C@@H]1CC[C@@H](O)C1.O. The molecule has 0 heterocycles. The van der Waals surface area contributed by atoms with Crippen molar-refractivity contribution in [2.45, 2.75) is 31.4 Å².